The van der Waals surface area contributed by atoms with Crippen molar-refractivity contribution >= 4 is 5.69 Å². The first-order valence-electron chi connectivity index (χ1n) is 8.06. The number of aromatic nitrogens is 2. The number of rotatable bonds is 4. The van der Waals surface area contributed by atoms with Gasteiger partial charge in [-0.05, 0) is 30.3 Å². The van der Waals surface area contributed by atoms with Crippen molar-refractivity contribution in [2.45, 2.75) is 6.10 Å². The van der Waals surface area contributed by atoms with Crippen LogP contribution in [-0.2, 0) is 0 Å². The molecular formula is C19H17N3O3. The van der Waals surface area contributed by atoms with Gasteiger partial charge in [-0.2, -0.15) is 5.10 Å². The summed E-state index contributed by atoms with van der Waals surface area (Å²) in [5.41, 5.74) is 2.44. The minimum atomic E-state index is -0.210. The number of hydrogen-bond donors (Lipinski definition) is 2. The first-order chi connectivity index (χ1) is 12.3. The van der Waals surface area contributed by atoms with Crippen molar-refractivity contribution in [3.8, 4) is 22.8 Å². The quantitative estimate of drug-likeness (QED) is 0.767. The van der Waals surface area contributed by atoms with Crippen LogP contribution in [0.1, 0.15) is 0 Å². The lowest BCUT2D eigenvalue weighted by molar-refractivity contribution is 0.0998. The van der Waals surface area contributed by atoms with E-state index in [1.165, 1.54) is 6.07 Å². The number of nitrogens with one attached hydrogen (secondary N) is 2. The van der Waals surface area contributed by atoms with Crippen LogP contribution in [0, 0.1) is 0 Å². The van der Waals surface area contributed by atoms with Crippen molar-refractivity contribution in [3.63, 3.8) is 0 Å². The molecule has 0 amide bonds. The summed E-state index contributed by atoms with van der Waals surface area (Å²) in [5, 5.41) is 9.81. The average molecular weight is 335 g/mol. The first kappa shape index (κ1) is 15.3. The zero-order valence-electron chi connectivity index (χ0n) is 13.4. The summed E-state index contributed by atoms with van der Waals surface area (Å²) in [6.07, 6.45) is -0.0459. The predicted molar refractivity (Wildman–Crippen MR) is 95.1 cm³/mol. The highest BCUT2D eigenvalue weighted by Gasteiger charge is 2.20. The second-order valence-corrected chi connectivity index (χ2v) is 5.76. The molecule has 2 heterocycles. The summed E-state index contributed by atoms with van der Waals surface area (Å²) in [6.45, 7) is 1.16. The van der Waals surface area contributed by atoms with Gasteiger partial charge >= 0.3 is 0 Å². The Morgan fingerprint density at radius 1 is 1.04 bits per heavy atom. The number of ether oxygens (including phenoxy) is 2. The van der Waals surface area contributed by atoms with E-state index in [9.17, 15) is 4.79 Å². The fourth-order valence-corrected chi connectivity index (χ4v) is 2.66. The Morgan fingerprint density at radius 2 is 1.84 bits per heavy atom. The lowest BCUT2D eigenvalue weighted by Gasteiger charge is -2.26. The second-order valence-electron chi connectivity index (χ2n) is 5.76. The molecule has 1 atom stereocenters. The van der Waals surface area contributed by atoms with Crippen molar-refractivity contribution in [2.24, 2.45) is 0 Å². The van der Waals surface area contributed by atoms with Crippen LogP contribution in [0.4, 0.5) is 5.69 Å². The van der Waals surface area contributed by atoms with Crippen LogP contribution in [0.5, 0.6) is 11.5 Å². The molecule has 126 valence electrons. The molecule has 0 aliphatic carbocycles. The average Bonchev–Trinajstić information content (AvgIpc) is 2.67. The van der Waals surface area contributed by atoms with Gasteiger partial charge in [-0.3, -0.25) is 4.79 Å². The molecule has 0 saturated carbocycles. The SMILES string of the molecule is O=c1ccc(-c2ccc(NCC3COc4ccccc4O3)cc2)n[nH]1. The molecule has 6 nitrogen and oxygen atoms in total. The summed E-state index contributed by atoms with van der Waals surface area (Å²) in [4.78, 5) is 11.1. The first-order valence-corrected chi connectivity index (χ1v) is 8.06. The van der Waals surface area contributed by atoms with Crippen molar-refractivity contribution in [3.05, 3.63) is 71.0 Å². The number of anilines is 1. The minimum absolute atomic E-state index is 0.0459. The molecule has 25 heavy (non-hydrogen) atoms. The van der Waals surface area contributed by atoms with Gasteiger partial charge in [-0.15, -0.1) is 0 Å². The Labute approximate surface area is 144 Å². The standard InChI is InChI=1S/C19H17N3O3/c23-19-10-9-16(21-22-19)13-5-7-14(8-6-13)20-11-15-12-24-17-3-1-2-4-18(17)25-15/h1-10,15,20H,11-12H2,(H,22,23). The third kappa shape index (κ3) is 3.47. The van der Waals surface area contributed by atoms with Gasteiger partial charge < -0.3 is 14.8 Å². The van der Waals surface area contributed by atoms with Crippen LogP contribution in [0.3, 0.4) is 0 Å². The third-order valence-electron chi connectivity index (χ3n) is 3.96. The highest BCUT2D eigenvalue weighted by molar-refractivity contribution is 5.62. The lowest BCUT2D eigenvalue weighted by atomic mass is 10.1. The number of hydrogen-bond acceptors (Lipinski definition) is 5. The molecule has 2 N–H and O–H groups in total. The second kappa shape index (κ2) is 6.68. The summed E-state index contributed by atoms with van der Waals surface area (Å²) in [5.74, 6) is 1.57. The van der Waals surface area contributed by atoms with Crippen LogP contribution < -0.4 is 20.3 Å². The zero-order valence-corrected chi connectivity index (χ0v) is 13.4. The largest absolute Gasteiger partial charge is 0.486 e. The van der Waals surface area contributed by atoms with E-state index < -0.39 is 0 Å². The molecule has 3 aromatic rings. The molecule has 0 saturated heterocycles. The van der Waals surface area contributed by atoms with Crippen molar-refractivity contribution in [1.29, 1.82) is 0 Å². The molecule has 0 bridgehead atoms. The molecule has 1 aliphatic heterocycles. The maximum atomic E-state index is 11.1. The van der Waals surface area contributed by atoms with Gasteiger partial charge in [0.2, 0.25) is 0 Å². The van der Waals surface area contributed by atoms with E-state index in [1.54, 1.807) is 6.07 Å². The van der Waals surface area contributed by atoms with E-state index in [0.29, 0.717) is 13.2 Å². The number of nitrogens with zero attached hydrogens (tertiary/aromatic N) is 1. The van der Waals surface area contributed by atoms with Crippen LogP contribution in [0.15, 0.2) is 65.5 Å². The van der Waals surface area contributed by atoms with E-state index in [-0.39, 0.29) is 11.7 Å². The number of H-pyrrole nitrogens is 1. The van der Waals surface area contributed by atoms with Crippen LogP contribution >= 0.6 is 0 Å². The van der Waals surface area contributed by atoms with Gasteiger partial charge in [0.15, 0.2) is 11.5 Å². The van der Waals surface area contributed by atoms with Gasteiger partial charge in [0.1, 0.15) is 12.7 Å². The van der Waals surface area contributed by atoms with Gasteiger partial charge in [0.25, 0.3) is 5.56 Å². The normalized spacial score (nSPS) is 15.6. The van der Waals surface area contributed by atoms with E-state index >= 15 is 0 Å². The van der Waals surface area contributed by atoms with Crippen LogP contribution in [0.2, 0.25) is 0 Å². The van der Waals surface area contributed by atoms with Crippen molar-refractivity contribution < 1.29 is 9.47 Å². The molecule has 0 fully saturated rings. The summed E-state index contributed by atoms with van der Waals surface area (Å²) < 4.78 is 11.6. The van der Waals surface area contributed by atoms with E-state index in [4.69, 9.17) is 9.47 Å². The number of fused-ring (bicyclic) bond motifs is 1. The summed E-state index contributed by atoms with van der Waals surface area (Å²) in [6, 6.07) is 18.7. The Balaban J connectivity index is 1.37. The van der Waals surface area contributed by atoms with E-state index in [0.717, 1.165) is 28.4 Å². The third-order valence-corrected chi connectivity index (χ3v) is 3.96. The fraction of sp³-hybridized carbons (Fsp3) is 0.158. The van der Waals surface area contributed by atoms with Crippen molar-refractivity contribution in [1.82, 2.24) is 10.2 Å². The maximum Gasteiger partial charge on any atom is 0.264 e. The Morgan fingerprint density at radius 3 is 2.60 bits per heavy atom. The highest BCUT2D eigenvalue weighted by Crippen LogP contribution is 2.30. The molecule has 1 unspecified atom stereocenters. The van der Waals surface area contributed by atoms with E-state index in [1.807, 2.05) is 48.5 Å². The smallest absolute Gasteiger partial charge is 0.264 e. The van der Waals surface area contributed by atoms with Gasteiger partial charge in [-0.1, -0.05) is 24.3 Å². The number of aromatic amines is 1. The lowest BCUT2D eigenvalue weighted by Crippen LogP contribution is -2.35. The van der Waals surface area contributed by atoms with Gasteiger partial charge in [-0.25, -0.2) is 5.10 Å². The maximum absolute atomic E-state index is 11.1. The zero-order chi connectivity index (χ0) is 17.1. The topological polar surface area (TPSA) is 76.2 Å². The van der Waals surface area contributed by atoms with Crippen molar-refractivity contribution in [2.75, 3.05) is 18.5 Å². The van der Waals surface area contributed by atoms with Crippen LogP contribution in [0.25, 0.3) is 11.3 Å². The Kier molecular flexibility index (Phi) is 4.08. The number of para-hydroxylation sites is 2. The van der Waals surface area contributed by atoms with Crippen LogP contribution in [-0.4, -0.2) is 29.5 Å². The van der Waals surface area contributed by atoms with E-state index in [2.05, 4.69) is 15.5 Å². The molecule has 0 radical (unpaired) electrons. The molecule has 2 aromatic carbocycles. The summed E-state index contributed by atoms with van der Waals surface area (Å²) in [7, 11) is 0. The highest BCUT2D eigenvalue weighted by atomic mass is 16.6. The molecule has 1 aliphatic rings. The van der Waals surface area contributed by atoms with Gasteiger partial charge in [0, 0.05) is 17.3 Å². The minimum Gasteiger partial charge on any atom is -0.486 e. The molecule has 0 spiro atoms. The predicted octanol–water partition coefficient (Wildman–Crippen LogP) is 2.69. The fourth-order valence-electron chi connectivity index (χ4n) is 2.66. The molecular weight excluding hydrogens is 318 g/mol. The summed E-state index contributed by atoms with van der Waals surface area (Å²) >= 11 is 0. The monoisotopic (exact) mass is 335 g/mol. The number of benzene rings is 2. The van der Waals surface area contributed by atoms with Gasteiger partial charge in [0.05, 0.1) is 12.2 Å². The molecule has 6 heteroatoms. The Hall–Kier alpha value is -3.28. The molecule has 4 rings (SSSR count). The molecule has 1 aromatic heterocycles. The Bertz CT molecular complexity index is 901.